The first-order valence-electron chi connectivity index (χ1n) is 8.96. The molecule has 0 unspecified atom stereocenters. The first-order chi connectivity index (χ1) is 12.6. The van der Waals surface area contributed by atoms with Crippen LogP contribution in [0.3, 0.4) is 0 Å². The minimum Gasteiger partial charge on any atom is -0.481 e. The molecule has 2 aromatic rings. The number of allylic oxidation sites excluding steroid dienone is 2. The van der Waals surface area contributed by atoms with Crippen LogP contribution in [-0.4, -0.2) is 17.0 Å². The van der Waals surface area contributed by atoms with E-state index >= 15 is 0 Å². The van der Waals surface area contributed by atoms with Gasteiger partial charge in [-0.05, 0) is 29.4 Å². The Bertz CT molecular complexity index is 791. The molecule has 2 aliphatic carbocycles. The molecule has 26 heavy (non-hydrogen) atoms. The lowest BCUT2D eigenvalue weighted by Crippen LogP contribution is -2.41. The number of rotatable bonds is 5. The van der Waals surface area contributed by atoms with Crippen molar-refractivity contribution >= 4 is 11.9 Å². The SMILES string of the molecule is O=C(NC(c1ccccc1)c1ccccc1)[C@@H]1[C@H](C(=O)O)[C@H]2C=C[C@H]1C2. The maximum absolute atomic E-state index is 13.1. The molecular weight excluding hydrogens is 326 g/mol. The van der Waals surface area contributed by atoms with Crippen LogP contribution in [0.2, 0.25) is 0 Å². The van der Waals surface area contributed by atoms with Gasteiger partial charge in [0.25, 0.3) is 0 Å². The number of carboxylic acid groups (broad SMARTS) is 1. The third kappa shape index (κ3) is 2.92. The largest absolute Gasteiger partial charge is 0.481 e. The number of nitrogens with one attached hydrogen (secondary N) is 1. The Hall–Kier alpha value is -2.88. The maximum atomic E-state index is 13.1. The van der Waals surface area contributed by atoms with E-state index in [1.807, 2.05) is 72.8 Å². The Kier molecular flexibility index (Phi) is 4.33. The molecule has 0 saturated heterocycles. The van der Waals surface area contributed by atoms with Crippen LogP contribution < -0.4 is 5.32 Å². The number of aliphatic carboxylic acids is 1. The smallest absolute Gasteiger partial charge is 0.307 e. The molecule has 4 heteroatoms. The molecule has 2 aliphatic rings. The van der Waals surface area contributed by atoms with Crippen LogP contribution in [0, 0.1) is 23.7 Å². The fourth-order valence-electron chi connectivity index (χ4n) is 4.40. The van der Waals surface area contributed by atoms with Gasteiger partial charge in [0.15, 0.2) is 0 Å². The van der Waals surface area contributed by atoms with Gasteiger partial charge in [-0.3, -0.25) is 9.59 Å². The Morgan fingerprint density at radius 3 is 1.85 bits per heavy atom. The van der Waals surface area contributed by atoms with Crippen molar-refractivity contribution in [3.63, 3.8) is 0 Å². The zero-order valence-corrected chi connectivity index (χ0v) is 14.3. The molecule has 4 nitrogen and oxygen atoms in total. The van der Waals surface area contributed by atoms with Crippen LogP contribution in [0.5, 0.6) is 0 Å². The standard InChI is InChI=1S/C22H21NO3/c24-21(18-16-11-12-17(13-16)19(18)22(25)26)23-20(14-7-3-1-4-8-14)15-9-5-2-6-10-15/h1-12,16-20H,13H2,(H,23,24)(H,25,26)/t16-,17-,18-,19+/m0/s1. The minimum atomic E-state index is -0.877. The molecule has 2 bridgehead atoms. The summed E-state index contributed by atoms with van der Waals surface area (Å²) in [4.78, 5) is 24.8. The van der Waals surface area contributed by atoms with Gasteiger partial charge in [0.2, 0.25) is 5.91 Å². The van der Waals surface area contributed by atoms with E-state index < -0.39 is 17.8 Å². The predicted molar refractivity (Wildman–Crippen MR) is 98.2 cm³/mol. The molecule has 2 N–H and O–H groups in total. The van der Waals surface area contributed by atoms with Crippen LogP contribution >= 0.6 is 0 Å². The highest BCUT2D eigenvalue weighted by atomic mass is 16.4. The summed E-state index contributed by atoms with van der Waals surface area (Å²) in [6.07, 6.45) is 4.73. The summed E-state index contributed by atoms with van der Waals surface area (Å²) >= 11 is 0. The number of amides is 1. The molecular formula is C22H21NO3. The lowest BCUT2D eigenvalue weighted by atomic mass is 9.82. The van der Waals surface area contributed by atoms with Gasteiger partial charge < -0.3 is 10.4 Å². The predicted octanol–water partition coefficient (Wildman–Crippen LogP) is 3.42. The van der Waals surface area contributed by atoms with E-state index in [1.54, 1.807) is 0 Å². The van der Waals surface area contributed by atoms with E-state index in [1.165, 1.54) is 0 Å². The fraction of sp³-hybridized carbons (Fsp3) is 0.273. The Morgan fingerprint density at radius 2 is 1.35 bits per heavy atom. The van der Waals surface area contributed by atoms with Crippen LogP contribution in [0.15, 0.2) is 72.8 Å². The molecule has 0 radical (unpaired) electrons. The molecule has 0 aromatic heterocycles. The molecule has 4 rings (SSSR count). The lowest BCUT2D eigenvalue weighted by molar-refractivity contribution is -0.147. The van der Waals surface area contributed by atoms with Crippen molar-refractivity contribution in [3.8, 4) is 0 Å². The molecule has 1 amide bonds. The second kappa shape index (κ2) is 6.79. The zero-order chi connectivity index (χ0) is 18.1. The van der Waals surface area contributed by atoms with Crippen molar-refractivity contribution in [3.05, 3.63) is 83.9 Å². The second-order valence-electron chi connectivity index (χ2n) is 7.10. The first kappa shape index (κ1) is 16.6. The van der Waals surface area contributed by atoms with E-state index in [2.05, 4.69) is 5.32 Å². The van der Waals surface area contributed by atoms with E-state index in [9.17, 15) is 14.7 Å². The fourth-order valence-corrected chi connectivity index (χ4v) is 4.40. The van der Waals surface area contributed by atoms with Crippen LogP contribution in [-0.2, 0) is 9.59 Å². The summed E-state index contributed by atoms with van der Waals surface area (Å²) < 4.78 is 0. The summed E-state index contributed by atoms with van der Waals surface area (Å²) in [5.74, 6) is -2.19. The van der Waals surface area contributed by atoms with E-state index in [0.29, 0.717) is 0 Å². The highest BCUT2D eigenvalue weighted by Crippen LogP contribution is 2.48. The Labute approximate surface area is 152 Å². The second-order valence-corrected chi connectivity index (χ2v) is 7.10. The topological polar surface area (TPSA) is 66.4 Å². The van der Waals surface area contributed by atoms with Gasteiger partial charge in [-0.25, -0.2) is 0 Å². The van der Waals surface area contributed by atoms with E-state index in [4.69, 9.17) is 0 Å². The average Bonchev–Trinajstić information content (AvgIpc) is 3.29. The van der Waals surface area contributed by atoms with Gasteiger partial charge in [0.05, 0.1) is 17.9 Å². The van der Waals surface area contributed by atoms with Gasteiger partial charge in [-0.15, -0.1) is 0 Å². The number of fused-ring (bicyclic) bond motifs is 2. The number of carboxylic acids is 1. The highest BCUT2D eigenvalue weighted by Gasteiger charge is 2.51. The molecule has 1 saturated carbocycles. The number of carbonyl (C=O) groups excluding carboxylic acids is 1. The third-order valence-electron chi connectivity index (χ3n) is 5.60. The molecule has 132 valence electrons. The van der Waals surface area contributed by atoms with Crippen molar-refractivity contribution in [2.24, 2.45) is 23.7 Å². The number of hydrogen-bond acceptors (Lipinski definition) is 2. The third-order valence-corrected chi connectivity index (χ3v) is 5.60. The van der Waals surface area contributed by atoms with E-state index in [0.717, 1.165) is 17.5 Å². The van der Waals surface area contributed by atoms with Crippen LogP contribution in [0.1, 0.15) is 23.6 Å². The molecule has 4 atom stereocenters. The number of carbonyl (C=O) groups is 2. The Morgan fingerprint density at radius 1 is 0.846 bits per heavy atom. The molecule has 1 fully saturated rings. The van der Waals surface area contributed by atoms with E-state index in [-0.39, 0.29) is 23.8 Å². The molecule has 2 aromatic carbocycles. The highest BCUT2D eigenvalue weighted by molar-refractivity contribution is 5.87. The van der Waals surface area contributed by atoms with Crippen molar-refractivity contribution in [1.29, 1.82) is 0 Å². The Balaban J connectivity index is 1.63. The summed E-state index contributed by atoms with van der Waals surface area (Å²) in [6, 6.07) is 19.3. The molecule has 0 aliphatic heterocycles. The van der Waals surface area contributed by atoms with Crippen LogP contribution in [0.4, 0.5) is 0 Å². The van der Waals surface area contributed by atoms with Crippen LogP contribution in [0.25, 0.3) is 0 Å². The quantitative estimate of drug-likeness (QED) is 0.815. The normalized spacial score (nSPS) is 26.2. The van der Waals surface area contributed by atoms with Gasteiger partial charge in [0.1, 0.15) is 0 Å². The van der Waals surface area contributed by atoms with Crippen molar-refractivity contribution in [2.45, 2.75) is 12.5 Å². The van der Waals surface area contributed by atoms with Crippen molar-refractivity contribution in [1.82, 2.24) is 5.32 Å². The molecule has 0 heterocycles. The van der Waals surface area contributed by atoms with Crippen molar-refractivity contribution < 1.29 is 14.7 Å². The maximum Gasteiger partial charge on any atom is 0.307 e. The summed E-state index contributed by atoms with van der Waals surface area (Å²) in [5, 5.41) is 12.7. The summed E-state index contributed by atoms with van der Waals surface area (Å²) in [6.45, 7) is 0. The lowest BCUT2D eigenvalue weighted by Gasteiger charge is -2.27. The first-order valence-corrected chi connectivity index (χ1v) is 8.96. The summed E-state index contributed by atoms with van der Waals surface area (Å²) in [7, 11) is 0. The number of hydrogen-bond donors (Lipinski definition) is 2. The number of benzene rings is 2. The van der Waals surface area contributed by atoms with Crippen molar-refractivity contribution in [2.75, 3.05) is 0 Å². The zero-order valence-electron chi connectivity index (χ0n) is 14.3. The van der Waals surface area contributed by atoms with Gasteiger partial charge in [-0.2, -0.15) is 0 Å². The minimum absolute atomic E-state index is 0.0216. The monoisotopic (exact) mass is 347 g/mol. The average molecular weight is 347 g/mol. The van der Waals surface area contributed by atoms with Gasteiger partial charge in [-0.1, -0.05) is 72.8 Å². The molecule has 0 spiro atoms. The summed E-state index contributed by atoms with van der Waals surface area (Å²) in [5.41, 5.74) is 1.97. The van der Waals surface area contributed by atoms with Gasteiger partial charge >= 0.3 is 5.97 Å². The van der Waals surface area contributed by atoms with Gasteiger partial charge in [0, 0.05) is 0 Å².